The summed E-state index contributed by atoms with van der Waals surface area (Å²) in [5.74, 6) is 2.02. The van der Waals surface area contributed by atoms with Crippen LogP contribution in [0.15, 0.2) is 45.9 Å². The van der Waals surface area contributed by atoms with Gasteiger partial charge in [-0.2, -0.15) is 0 Å². The smallest absolute Gasteiger partial charge is 0.223 e. The maximum Gasteiger partial charge on any atom is 0.223 e. The lowest BCUT2D eigenvalue weighted by molar-refractivity contribution is -0.127. The van der Waals surface area contributed by atoms with Gasteiger partial charge in [-0.3, -0.25) is 4.79 Å². The fourth-order valence-corrected chi connectivity index (χ4v) is 3.45. The summed E-state index contributed by atoms with van der Waals surface area (Å²) in [5, 5.41) is 10.6. The van der Waals surface area contributed by atoms with Crippen LogP contribution < -0.4 is 10.6 Å². The molecule has 164 valence electrons. The fraction of sp³-hybridized carbons (Fsp3) is 0.500. The minimum absolute atomic E-state index is 0. The number of amides is 1. The Morgan fingerprint density at radius 3 is 2.77 bits per heavy atom. The average molecular weight is 525 g/mol. The predicted octanol–water partition coefficient (Wildman–Crippen LogP) is 3.00. The molecule has 2 N–H and O–H groups in total. The zero-order chi connectivity index (χ0) is 20.5. The van der Waals surface area contributed by atoms with Crippen molar-refractivity contribution in [3.8, 4) is 0 Å². The van der Waals surface area contributed by atoms with Crippen molar-refractivity contribution in [3.63, 3.8) is 0 Å². The first-order chi connectivity index (χ1) is 14.2. The van der Waals surface area contributed by atoms with Crippen LogP contribution >= 0.6 is 24.0 Å². The molecule has 1 atom stereocenters. The van der Waals surface area contributed by atoms with E-state index in [9.17, 15) is 4.79 Å². The number of aromatic nitrogens is 1. The summed E-state index contributed by atoms with van der Waals surface area (Å²) in [4.78, 5) is 18.9. The molecule has 0 saturated carbocycles. The van der Waals surface area contributed by atoms with Crippen molar-refractivity contribution in [2.45, 2.75) is 39.7 Å². The van der Waals surface area contributed by atoms with Gasteiger partial charge in [-0.05, 0) is 25.3 Å². The van der Waals surface area contributed by atoms with Crippen molar-refractivity contribution in [3.05, 3.63) is 53.4 Å². The van der Waals surface area contributed by atoms with Crippen molar-refractivity contribution < 1.29 is 9.32 Å². The van der Waals surface area contributed by atoms with Crippen LogP contribution in [0.1, 0.15) is 37.3 Å². The molecule has 0 bridgehead atoms. The molecule has 8 heteroatoms. The third-order valence-electron chi connectivity index (χ3n) is 5.07. The normalized spacial score (nSPS) is 16.5. The Labute approximate surface area is 195 Å². The quantitative estimate of drug-likeness (QED) is 0.299. The molecule has 1 saturated heterocycles. The van der Waals surface area contributed by atoms with Crippen molar-refractivity contribution >= 4 is 35.8 Å². The standard InChI is InChI=1S/C22H31N5O2.HI/c1-3-19-13-20(29-26-19)15-25-22(23-4-2)24-14-18-12-21(28)27(16-18)11-10-17-8-6-5-7-9-17;/h5-9,13,18H,3-4,10-12,14-16H2,1-2H3,(H2,23,24,25);1H. The zero-order valence-electron chi connectivity index (χ0n) is 17.8. The summed E-state index contributed by atoms with van der Waals surface area (Å²) in [6.45, 7) is 7.58. The minimum Gasteiger partial charge on any atom is -0.359 e. The van der Waals surface area contributed by atoms with E-state index in [-0.39, 0.29) is 29.9 Å². The van der Waals surface area contributed by atoms with Gasteiger partial charge >= 0.3 is 0 Å². The number of guanidine groups is 1. The number of benzene rings is 1. The molecule has 1 unspecified atom stereocenters. The second-order valence-corrected chi connectivity index (χ2v) is 7.36. The molecule has 2 aromatic rings. The molecule has 1 fully saturated rings. The molecule has 1 amide bonds. The Morgan fingerprint density at radius 2 is 2.07 bits per heavy atom. The molecule has 2 heterocycles. The second kappa shape index (κ2) is 12.6. The third kappa shape index (κ3) is 7.30. The van der Waals surface area contributed by atoms with Gasteiger partial charge in [0.15, 0.2) is 11.7 Å². The topological polar surface area (TPSA) is 82.8 Å². The van der Waals surface area contributed by atoms with Gasteiger partial charge in [-0.1, -0.05) is 42.4 Å². The first-order valence-electron chi connectivity index (χ1n) is 10.5. The van der Waals surface area contributed by atoms with E-state index in [2.05, 4.69) is 32.9 Å². The van der Waals surface area contributed by atoms with E-state index < -0.39 is 0 Å². The van der Waals surface area contributed by atoms with Crippen LogP contribution in [0.2, 0.25) is 0 Å². The maximum absolute atomic E-state index is 12.4. The summed E-state index contributed by atoms with van der Waals surface area (Å²) < 4.78 is 5.29. The summed E-state index contributed by atoms with van der Waals surface area (Å²) in [6, 6.07) is 12.2. The number of hydrogen-bond donors (Lipinski definition) is 2. The Hall–Kier alpha value is -2.10. The molecule has 1 aliphatic heterocycles. The van der Waals surface area contributed by atoms with E-state index in [0.29, 0.717) is 18.9 Å². The van der Waals surface area contributed by atoms with Crippen molar-refractivity contribution in [1.29, 1.82) is 0 Å². The third-order valence-corrected chi connectivity index (χ3v) is 5.07. The van der Waals surface area contributed by atoms with E-state index in [1.165, 1.54) is 5.56 Å². The number of aliphatic imine (C=N–C) groups is 1. The molecule has 1 aromatic carbocycles. The lowest BCUT2D eigenvalue weighted by Crippen LogP contribution is -2.40. The Kier molecular flexibility index (Phi) is 10.1. The fourth-order valence-electron chi connectivity index (χ4n) is 3.45. The monoisotopic (exact) mass is 525 g/mol. The van der Waals surface area contributed by atoms with Crippen LogP contribution in [0.5, 0.6) is 0 Å². The van der Waals surface area contributed by atoms with Gasteiger partial charge in [0, 0.05) is 44.6 Å². The zero-order valence-corrected chi connectivity index (χ0v) is 20.1. The van der Waals surface area contributed by atoms with Crippen LogP contribution in [0, 0.1) is 5.92 Å². The van der Waals surface area contributed by atoms with Gasteiger partial charge in [0.25, 0.3) is 0 Å². The molecule has 1 aliphatic rings. The van der Waals surface area contributed by atoms with Crippen molar-refractivity contribution in [2.24, 2.45) is 10.9 Å². The summed E-state index contributed by atoms with van der Waals surface area (Å²) >= 11 is 0. The van der Waals surface area contributed by atoms with Crippen molar-refractivity contribution in [2.75, 3.05) is 26.2 Å². The number of aryl methyl sites for hydroxylation is 1. The van der Waals surface area contributed by atoms with Gasteiger partial charge in [0.1, 0.15) is 6.54 Å². The first-order valence-corrected chi connectivity index (χ1v) is 10.5. The van der Waals surface area contributed by atoms with Crippen molar-refractivity contribution in [1.82, 2.24) is 20.7 Å². The molecule has 0 spiro atoms. The highest BCUT2D eigenvalue weighted by Crippen LogP contribution is 2.17. The van der Waals surface area contributed by atoms with Gasteiger partial charge in [-0.15, -0.1) is 24.0 Å². The highest BCUT2D eigenvalue weighted by atomic mass is 127. The average Bonchev–Trinajstić information content (AvgIpc) is 3.35. The van der Waals surface area contributed by atoms with E-state index in [4.69, 9.17) is 4.52 Å². The van der Waals surface area contributed by atoms with E-state index >= 15 is 0 Å². The van der Waals surface area contributed by atoms with E-state index in [0.717, 1.165) is 56.4 Å². The molecular formula is C22H32IN5O2. The lowest BCUT2D eigenvalue weighted by Gasteiger charge is -2.17. The highest BCUT2D eigenvalue weighted by Gasteiger charge is 2.29. The molecular weight excluding hydrogens is 493 g/mol. The van der Waals surface area contributed by atoms with Gasteiger partial charge < -0.3 is 20.1 Å². The SMILES string of the molecule is CCNC(=NCc1cc(CC)no1)NCC1CC(=O)N(CCc2ccccc2)C1.I. The summed E-state index contributed by atoms with van der Waals surface area (Å²) in [5.41, 5.74) is 2.20. The summed E-state index contributed by atoms with van der Waals surface area (Å²) in [6.07, 6.45) is 2.33. The number of nitrogens with zero attached hydrogens (tertiary/aromatic N) is 3. The minimum atomic E-state index is 0. The van der Waals surface area contributed by atoms with Crippen LogP contribution in [0.25, 0.3) is 0 Å². The number of carbonyl (C=O) groups excluding carboxylic acids is 1. The van der Waals surface area contributed by atoms with Crippen LogP contribution in [0.4, 0.5) is 0 Å². The molecule has 3 rings (SSSR count). The van der Waals surface area contributed by atoms with E-state index in [1.54, 1.807) is 0 Å². The second-order valence-electron chi connectivity index (χ2n) is 7.36. The van der Waals surface area contributed by atoms with Gasteiger partial charge in [-0.25, -0.2) is 4.99 Å². The van der Waals surface area contributed by atoms with Gasteiger partial charge in [0.05, 0.1) is 5.69 Å². The number of likely N-dealkylation sites (tertiary alicyclic amines) is 1. The molecule has 0 radical (unpaired) electrons. The number of carbonyl (C=O) groups is 1. The molecule has 0 aliphatic carbocycles. The maximum atomic E-state index is 12.4. The number of nitrogens with one attached hydrogen (secondary N) is 2. The van der Waals surface area contributed by atoms with E-state index in [1.807, 2.05) is 43.0 Å². The first kappa shape index (κ1) is 24.2. The number of rotatable bonds is 9. The molecule has 30 heavy (non-hydrogen) atoms. The van der Waals surface area contributed by atoms with Crippen LogP contribution in [-0.4, -0.2) is 48.1 Å². The highest BCUT2D eigenvalue weighted by molar-refractivity contribution is 14.0. The summed E-state index contributed by atoms with van der Waals surface area (Å²) in [7, 11) is 0. The number of halogens is 1. The Morgan fingerprint density at radius 1 is 1.27 bits per heavy atom. The lowest BCUT2D eigenvalue weighted by atomic mass is 10.1. The Balaban J connectivity index is 0.00000320. The molecule has 1 aromatic heterocycles. The van der Waals surface area contributed by atoms with Gasteiger partial charge in [0.2, 0.25) is 5.91 Å². The van der Waals surface area contributed by atoms with Crippen LogP contribution in [-0.2, 0) is 24.2 Å². The molecule has 7 nitrogen and oxygen atoms in total. The predicted molar refractivity (Wildman–Crippen MR) is 129 cm³/mol. The Bertz CT molecular complexity index is 809. The van der Waals surface area contributed by atoms with Crippen LogP contribution in [0.3, 0.4) is 0 Å². The number of hydrogen-bond acceptors (Lipinski definition) is 4. The largest absolute Gasteiger partial charge is 0.359 e.